The highest BCUT2D eigenvalue weighted by molar-refractivity contribution is 5.90. The van der Waals surface area contributed by atoms with Gasteiger partial charge in [0.2, 0.25) is 0 Å². The quantitative estimate of drug-likeness (QED) is 0.689. The van der Waals surface area contributed by atoms with Crippen LogP contribution in [0.15, 0.2) is 0 Å². The molecule has 3 N–H and O–H groups in total. The number of aromatic nitrogens is 2. The molecule has 1 heterocycles. The van der Waals surface area contributed by atoms with Crippen molar-refractivity contribution < 1.29 is 9.90 Å². The molecule has 0 saturated heterocycles. The Kier molecular flexibility index (Phi) is 7.22. The summed E-state index contributed by atoms with van der Waals surface area (Å²) < 4.78 is 1.87. The van der Waals surface area contributed by atoms with Gasteiger partial charge in [0.1, 0.15) is 0 Å². The van der Waals surface area contributed by atoms with Gasteiger partial charge in [-0.3, -0.25) is 4.68 Å². The van der Waals surface area contributed by atoms with Gasteiger partial charge in [0, 0.05) is 19.7 Å². The molecule has 1 rings (SSSR count). The van der Waals surface area contributed by atoms with E-state index in [-0.39, 0.29) is 12.6 Å². The number of aliphatic hydroxyl groups excluding tert-OH is 1. The maximum atomic E-state index is 12.0. The van der Waals surface area contributed by atoms with E-state index in [1.165, 1.54) is 0 Å². The van der Waals surface area contributed by atoms with Crippen molar-refractivity contribution >= 4 is 11.7 Å². The van der Waals surface area contributed by atoms with Crippen LogP contribution in [0.2, 0.25) is 0 Å². The third-order valence-electron chi connectivity index (χ3n) is 3.71. The van der Waals surface area contributed by atoms with Gasteiger partial charge in [-0.1, -0.05) is 13.3 Å². The lowest BCUT2D eigenvalue weighted by atomic mass is 10.0. The molecule has 6 nitrogen and oxygen atoms in total. The van der Waals surface area contributed by atoms with Crippen LogP contribution in [0.1, 0.15) is 44.5 Å². The zero-order valence-electron chi connectivity index (χ0n) is 13.6. The fourth-order valence-corrected chi connectivity index (χ4v) is 2.52. The van der Waals surface area contributed by atoms with E-state index in [9.17, 15) is 4.79 Å². The van der Waals surface area contributed by atoms with Crippen LogP contribution in [0.4, 0.5) is 10.5 Å². The van der Waals surface area contributed by atoms with Crippen LogP contribution in [-0.4, -0.2) is 34.1 Å². The smallest absolute Gasteiger partial charge is 0.319 e. The summed E-state index contributed by atoms with van der Waals surface area (Å²) in [6, 6.07) is -0.212. The average molecular weight is 296 g/mol. The number of anilines is 1. The first-order valence-corrected chi connectivity index (χ1v) is 7.73. The van der Waals surface area contributed by atoms with E-state index in [1.807, 2.05) is 25.5 Å². The van der Waals surface area contributed by atoms with Crippen molar-refractivity contribution in [3.63, 3.8) is 0 Å². The standard InChI is InChI=1S/C15H28N4O2/c1-5-7-13(8-9-20)10-16-15(21)17-14-11(3)18-19(6-2)12(14)4/h13,20H,5-10H2,1-4H3,(H2,16,17,21). The fourth-order valence-electron chi connectivity index (χ4n) is 2.52. The number of hydrogen-bond acceptors (Lipinski definition) is 3. The topological polar surface area (TPSA) is 79.2 Å². The number of nitrogens with zero attached hydrogens (tertiary/aromatic N) is 2. The maximum Gasteiger partial charge on any atom is 0.319 e. The SMILES string of the molecule is CCCC(CCO)CNC(=O)Nc1c(C)nn(CC)c1C. The molecule has 0 spiro atoms. The Balaban J connectivity index is 2.55. The van der Waals surface area contributed by atoms with Crippen LogP contribution in [0.25, 0.3) is 0 Å². The second-order valence-electron chi connectivity index (χ2n) is 5.36. The van der Waals surface area contributed by atoms with E-state index < -0.39 is 0 Å². The molecular formula is C15H28N4O2. The molecule has 120 valence electrons. The summed E-state index contributed by atoms with van der Waals surface area (Å²) in [5.41, 5.74) is 2.57. The summed E-state index contributed by atoms with van der Waals surface area (Å²) in [5.74, 6) is 0.325. The minimum absolute atomic E-state index is 0.162. The highest BCUT2D eigenvalue weighted by Gasteiger charge is 2.14. The fraction of sp³-hybridized carbons (Fsp3) is 0.733. The van der Waals surface area contributed by atoms with Crippen molar-refractivity contribution in [2.75, 3.05) is 18.5 Å². The predicted octanol–water partition coefficient (Wildman–Crippen LogP) is 2.44. The van der Waals surface area contributed by atoms with Gasteiger partial charge < -0.3 is 15.7 Å². The Labute approximate surface area is 126 Å². The molecule has 2 amide bonds. The molecule has 0 fully saturated rings. The van der Waals surface area contributed by atoms with Crippen LogP contribution >= 0.6 is 0 Å². The minimum atomic E-state index is -0.212. The lowest BCUT2D eigenvalue weighted by Crippen LogP contribution is -2.33. The van der Waals surface area contributed by atoms with Gasteiger partial charge in [0.25, 0.3) is 0 Å². The minimum Gasteiger partial charge on any atom is -0.396 e. The second-order valence-corrected chi connectivity index (χ2v) is 5.36. The van der Waals surface area contributed by atoms with Crippen molar-refractivity contribution in [3.8, 4) is 0 Å². The van der Waals surface area contributed by atoms with Gasteiger partial charge in [-0.05, 0) is 39.5 Å². The first-order valence-electron chi connectivity index (χ1n) is 7.73. The first kappa shape index (κ1) is 17.5. The zero-order chi connectivity index (χ0) is 15.8. The Morgan fingerprint density at radius 1 is 1.33 bits per heavy atom. The van der Waals surface area contributed by atoms with Crippen molar-refractivity contribution in [1.82, 2.24) is 15.1 Å². The lowest BCUT2D eigenvalue weighted by Gasteiger charge is -2.16. The van der Waals surface area contributed by atoms with Gasteiger partial charge >= 0.3 is 6.03 Å². The van der Waals surface area contributed by atoms with E-state index in [2.05, 4.69) is 22.7 Å². The number of urea groups is 1. The van der Waals surface area contributed by atoms with Crippen LogP contribution in [0.3, 0.4) is 0 Å². The number of aliphatic hydroxyl groups is 1. The Bertz CT molecular complexity index is 451. The van der Waals surface area contributed by atoms with Crippen molar-refractivity contribution in [2.24, 2.45) is 5.92 Å². The molecule has 21 heavy (non-hydrogen) atoms. The molecule has 1 aromatic rings. The molecule has 0 saturated carbocycles. The van der Waals surface area contributed by atoms with E-state index in [4.69, 9.17) is 5.11 Å². The van der Waals surface area contributed by atoms with Gasteiger partial charge in [0.05, 0.1) is 17.1 Å². The van der Waals surface area contributed by atoms with E-state index in [0.29, 0.717) is 12.5 Å². The van der Waals surface area contributed by atoms with Crippen molar-refractivity contribution in [1.29, 1.82) is 0 Å². The Morgan fingerprint density at radius 3 is 2.57 bits per heavy atom. The third kappa shape index (κ3) is 5.04. The molecule has 1 atom stereocenters. The van der Waals surface area contributed by atoms with Crippen LogP contribution in [0.5, 0.6) is 0 Å². The average Bonchev–Trinajstić information content (AvgIpc) is 2.72. The molecule has 0 aromatic carbocycles. The molecular weight excluding hydrogens is 268 g/mol. The van der Waals surface area contributed by atoms with E-state index >= 15 is 0 Å². The predicted molar refractivity (Wildman–Crippen MR) is 84.5 cm³/mol. The highest BCUT2D eigenvalue weighted by Crippen LogP contribution is 2.19. The summed E-state index contributed by atoms with van der Waals surface area (Å²) in [7, 11) is 0. The molecule has 0 aliphatic rings. The number of rotatable bonds is 8. The largest absolute Gasteiger partial charge is 0.396 e. The van der Waals surface area contributed by atoms with Crippen molar-refractivity contribution in [2.45, 2.75) is 53.5 Å². The number of carbonyl (C=O) groups is 1. The first-order chi connectivity index (χ1) is 10.0. The van der Waals surface area contributed by atoms with Gasteiger partial charge in [-0.15, -0.1) is 0 Å². The normalized spacial score (nSPS) is 12.2. The summed E-state index contributed by atoms with van der Waals surface area (Å²) in [5, 5.41) is 19.2. The molecule has 0 bridgehead atoms. The molecule has 0 radical (unpaired) electrons. The van der Waals surface area contributed by atoms with Crippen LogP contribution in [-0.2, 0) is 6.54 Å². The van der Waals surface area contributed by atoms with Gasteiger partial charge in [-0.2, -0.15) is 5.10 Å². The number of nitrogens with one attached hydrogen (secondary N) is 2. The molecule has 1 aromatic heterocycles. The third-order valence-corrected chi connectivity index (χ3v) is 3.71. The van der Waals surface area contributed by atoms with Crippen LogP contribution < -0.4 is 10.6 Å². The molecule has 0 aliphatic heterocycles. The number of carbonyl (C=O) groups excluding carboxylic acids is 1. The summed E-state index contributed by atoms with van der Waals surface area (Å²) >= 11 is 0. The summed E-state index contributed by atoms with van der Waals surface area (Å²) in [6.45, 7) is 9.50. The monoisotopic (exact) mass is 296 g/mol. The van der Waals surface area contributed by atoms with E-state index in [1.54, 1.807) is 0 Å². The van der Waals surface area contributed by atoms with Gasteiger partial charge in [-0.25, -0.2) is 4.79 Å². The summed E-state index contributed by atoms with van der Waals surface area (Å²) in [4.78, 5) is 12.0. The van der Waals surface area contributed by atoms with Crippen molar-refractivity contribution in [3.05, 3.63) is 11.4 Å². The molecule has 1 unspecified atom stereocenters. The van der Waals surface area contributed by atoms with Crippen LogP contribution in [0, 0.1) is 19.8 Å². The zero-order valence-corrected chi connectivity index (χ0v) is 13.6. The molecule has 6 heteroatoms. The Hall–Kier alpha value is -1.56. The summed E-state index contributed by atoms with van der Waals surface area (Å²) in [6.07, 6.45) is 2.78. The maximum absolute atomic E-state index is 12.0. The number of hydrogen-bond donors (Lipinski definition) is 3. The molecule has 0 aliphatic carbocycles. The highest BCUT2D eigenvalue weighted by atomic mass is 16.3. The van der Waals surface area contributed by atoms with E-state index in [0.717, 1.165) is 42.9 Å². The lowest BCUT2D eigenvalue weighted by molar-refractivity contribution is 0.236. The number of amides is 2. The van der Waals surface area contributed by atoms with Gasteiger partial charge in [0.15, 0.2) is 0 Å². The Morgan fingerprint density at radius 2 is 2.05 bits per heavy atom. The number of aryl methyl sites for hydroxylation is 2. The second kappa shape index (κ2) is 8.67.